The molecule has 0 saturated carbocycles. The molecule has 2 aromatic rings. The lowest BCUT2D eigenvalue weighted by Crippen LogP contribution is -2.34. The van der Waals surface area contributed by atoms with Gasteiger partial charge in [-0.25, -0.2) is 5.43 Å². The van der Waals surface area contributed by atoms with Gasteiger partial charge in [0.1, 0.15) is 0 Å². The van der Waals surface area contributed by atoms with Gasteiger partial charge in [-0.15, -0.1) is 11.8 Å². The summed E-state index contributed by atoms with van der Waals surface area (Å²) in [6, 6.07) is 4.89. The van der Waals surface area contributed by atoms with Crippen molar-refractivity contribution in [1.29, 1.82) is 0 Å². The molecular formula is C22H30N8O3S. The zero-order valence-corrected chi connectivity index (χ0v) is 19.9. The minimum Gasteiger partial charge on any atom is -0.396 e. The molecule has 12 heteroatoms. The normalized spacial score (nSPS) is 16.7. The summed E-state index contributed by atoms with van der Waals surface area (Å²) in [6.45, 7) is 3.67. The molecule has 1 aromatic heterocycles. The fourth-order valence-corrected chi connectivity index (χ4v) is 4.83. The zero-order valence-electron chi connectivity index (χ0n) is 19.1. The number of rotatable bonds is 9. The number of nitro groups is 1. The molecule has 1 aromatic carbocycles. The topological polar surface area (TPSA) is 133 Å². The van der Waals surface area contributed by atoms with Crippen LogP contribution in [0.2, 0.25) is 0 Å². The van der Waals surface area contributed by atoms with Crippen LogP contribution in [0.25, 0.3) is 0 Å². The molecule has 2 N–H and O–H groups in total. The SMILES string of the molecule is O=[N+]([O-])c1cc(C=NNc2nc(N3CCCCC3)nc(N3CCCCC3)n2)ccc1SCCO. The Morgan fingerprint density at radius 3 is 2.21 bits per heavy atom. The summed E-state index contributed by atoms with van der Waals surface area (Å²) in [5, 5.41) is 24.7. The summed E-state index contributed by atoms with van der Waals surface area (Å²) >= 11 is 1.25. The fraction of sp³-hybridized carbons (Fsp3) is 0.545. The number of nitrogens with zero attached hydrogens (tertiary/aromatic N) is 7. The molecule has 2 aliphatic rings. The largest absolute Gasteiger partial charge is 0.396 e. The summed E-state index contributed by atoms with van der Waals surface area (Å²) in [6.07, 6.45) is 8.44. The van der Waals surface area contributed by atoms with Crippen molar-refractivity contribution in [2.24, 2.45) is 5.10 Å². The number of aromatic nitrogens is 3. The molecule has 0 bridgehead atoms. The highest BCUT2D eigenvalue weighted by atomic mass is 32.2. The Hall–Kier alpha value is -2.99. The Bertz CT molecular complexity index is 973. The number of piperidine rings is 2. The van der Waals surface area contributed by atoms with Crippen LogP contribution in [0, 0.1) is 10.1 Å². The number of nitro benzene ring substituents is 1. The minimum atomic E-state index is -0.424. The van der Waals surface area contributed by atoms with Crippen molar-refractivity contribution in [1.82, 2.24) is 15.0 Å². The molecule has 0 amide bonds. The number of hydrazone groups is 1. The van der Waals surface area contributed by atoms with Crippen molar-refractivity contribution < 1.29 is 10.0 Å². The number of hydrogen-bond donors (Lipinski definition) is 2. The lowest BCUT2D eigenvalue weighted by Gasteiger charge is -2.30. The number of benzene rings is 1. The molecule has 0 atom stereocenters. The van der Waals surface area contributed by atoms with Crippen LogP contribution >= 0.6 is 11.8 Å². The van der Waals surface area contributed by atoms with Crippen LogP contribution in [-0.4, -0.2) is 69.7 Å². The maximum atomic E-state index is 11.4. The summed E-state index contributed by atoms with van der Waals surface area (Å²) in [4.78, 5) is 29.9. The van der Waals surface area contributed by atoms with Gasteiger partial charge >= 0.3 is 0 Å². The van der Waals surface area contributed by atoms with Crippen LogP contribution in [0.5, 0.6) is 0 Å². The van der Waals surface area contributed by atoms with Gasteiger partial charge in [0, 0.05) is 43.6 Å². The second-order valence-corrected chi connectivity index (χ2v) is 9.42. The predicted molar refractivity (Wildman–Crippen MR) is 134 cm³/mol. The van der Waals surface area contributed by atoms with Crippen LogP contribution in [-0.2, 0) is 0 Å². The zero-order chi connectivity index (χ0) is 23.8. The van der Waals surface area contributed by atoms with Gasteiger partial charge in [0.05, 0.1) is 22.6 Å². The van der Waals surface area contributed by atoms with E-state index in [9.17, 15) is 10.1 Å². The first kappa shape index (κ1) is 24.1. The van der Waals surface area contributed by atoms with E-state index in [1.807, 2.05) is 0 Å². The van der Waals surface area contributed by atoms with Gasteiger partial charge in [-0.3, -0.25) is 10.1 Å². The third-order valence-corrected chi connectivity index (χ3v) is 6.84. The number of aliphatic hydroxyl groups excluding tert-OH is 1. The van der Waals surface area contributed by atoms with Gasteiger partial charge in [0.25, 0.3) is 5.69 Å². The van der Waals surface area contributed by atoms with Crippen molar-refractivity contribution >= 4 is 41.5 Å². The molecule has 0 aliphatic carbocycles. The molecule has 4 rings (SSSR count). The van der Waals surface area contributed by atoms with Crippen molar-refractivity contribution in [2.45, 2.75) is 43.4 Å². The highest BCUT2D eigenvalue weighted by molar-refractivity contribution is 7.99. The molecule has 0 unspecified atom stereocenters. The summed E-state index contributed by atoms with van der Waals surface area (Å²) < 4.78 is 0. The standard InChI is InChI=1S/C22H30N8O3S/c31-13-14-34-19-8-7-17(15-18(19)30(32)33)16-23-27-20-24-21(28-9-3-1-4-10-28)26-22(25-20)29-11-5-2-6-12-29/h7-8,15-16,31H,1-6,9-14H2,(H,24,25,26,27). The van der Waals surface area contributed by atoms with E-state index in [0.29, 0.717) is 34.1 Å². The van der Waals surface area contributed by atoms with Gasteiger partial charge in [0.2, 0.25) is 17.8 Å². The molecule has 0 radical (unpaired) electrons. The summed E-state index contributed by atoms with van der Waals surface area (Å²) in [5.74, 6) is 2.08. The molecule has 3 heterocycles. The molecule has 34 heavy (non-hydrogen) atoms. The van der Waals surface area contributed by atoms with E-state index in [1.54, 1.807) is 12.1 Å². The minimum absolute atomic E-state index is 0.0117. The predicted octanol–water partition coefficient (Wildman–Crippen LogP) is 3.29. The Morgan fingerprint density at radius 2 is 1.65 bits per heavy atom. The van der Waals surface area contributed by atoms with Gasteiger partial charge in [0.15, 0.2) is 0 Å². The smallest absolute Gasteiger partial charge is 0.283 e. The maximum absolute atomic E-state index is 11.4. The van der Waals surface area contributed by atoms with E-state index in [4.69, 9.17) is 10.1 Å². The Labute approximate surface area is 202 Å². The third-order valence-electron chi connectivity index (χ3n) is 5.80. The number of anilines is 3. The molecule has 0 spiro atoms. The van der Waals surface area contributed by atoms with Crippen molar-refractivity contribution in [3.63, 3.8) is 0 Å². The van der Waals surface area contributed by atoms with E-state index in [-0.39, 0.29) is 12.3 Å². The van der Waals surface area contributed by atoms with Crippen LogP contribution in [0.1, 0.15) is 44.1 Å². The van der Waals surface area contributed by atoms with E-state index in [0.717, 1.165) is 51.9 Å². The van der Waals surface area contributed by atoms with E-state index in [2.05, 4.69) is 30.3 Å². The quantitative estimate of drug-likeness (QED) is 0.235. The van der Waals surface area contributed by atoms with Crippen molar-refractivity contribution in [3.05, 3.63) is 33.9 Å². The van der Waals surface area contributed by atoms with Gasteiger partial charge in [-0.1, -0.05) is 6.07 Å². The van der Waals surface area contributed by atoms with Gasteiger partial charge in [-0.05, 0) is 44.6 Å². The second kappa shape index (κ2) is 11.9. The monoisotopic (exact) mass is 486 g/mol. The average molecular weight is 487 g/mol. The van der Waals surface area contributed by atoms with Crippen molar-refractivity contribution in [2.75, 3.05) is 53.8 Å². The van der Waals surface area contributed by atoms with Gasteiger partial charge < -0.3 is 14.9 Å². The molecule has 182 valence electrons. The molecule has 2 aliphatic heterocycles. The molecule has 11 nitrogen and oxygen atoms in total. The number of hydrogen-bond acceptors (Lipinski definition) is 11. The molecular weight excluding hydrogens is 456 g/mol. The second-order valence-electron chi connectivity index (χ2n) is 8.28. The highest BCUT2D eigenvalue weighted by Gasteiger charge is 2.20. The first-order chi connectivity index (χ1) is 16.6. The Kier molecular flexibility index (Phi) is 8.47. The average Bonchev–Trinajstić information content (AvgIpc) is 2.88. The molecule has 2 saturated heterocycles. The first-order valence-electron chi connectivity index (χ1n) is 11.7. The van der Waals surface area contributed by atoms with E-state index < -0.39 is 4.92 Å². The van der Waals surface area contributed by atoms with Crippen LogP contribution in [0.15, 0.2) is 28.2 Å². The van der Waals surface area contributed by atoms with Crippen LogP contribution in [0.4, 0.5) is 23.5 Å². The van der Waals surface area contributed by atoms with Crippen LogP contribution < -0.4 is 15.2 Å². The van der Waals surface area contributed by atoms with E-state index >= 15 is 0 Å². The third kappa shape index (κ3) is 6.32. The highest BCUT2D eigenvalue weighted by Crippen LogP contribution is 2.29. The molecule has 2 fully saturated rings. The fourth-order valence-electron chi connectivity index (χ4n) is 4.07. The number of nitrogens with one attached hydrogen (secondary N) is 1. The number of aliphatic hydroxyl groups is 1. The van der Waals surface area contributed by atoms with Gasteiger partial charge in [-0.2, -0.15) is 20.1 Å². The Balaban J connectivity index is 1.53. The van der Waals surface area contributed by atoms with Crippen molar-refractivity contribution in [3.8, 4) is 0 Å². The number of thioether (sulfide) groups is 1. The van der Waals surface area contributed by atoms with E-state index in [1.165, 1.54) is 36.9 Å². The lowest BCUT2D eigenvalue weighted by molar-refractivity contribution is -0.387. The summed E-state index contributed by atoms with van der Waals surface area (Å²) in [5.41, 5.74) is 3.46. The first-order valence-corrected chi connectivity index (χ1v) is 12.7. The summed E-state index contributed by atoms with van der Waals surface area (Å²) in [7, 11) is 0. The Morgan fingerprint density at radius 1 is 1.03 bits per heavy atom. The van der Waals surface area contributed by atoms with Crippen LogP contribution in [0.3, 0.4) is 0 Å². The lowest BCUT2D eigenvalue weighted by atomic mass is 10.1. The maximum Gasteiger partial charge on any atom is 0.283 e.